The van der Waals surface area contributed by atoms with Crippen molar-refractivity contribution in [2.45, 2.75) is 77.0 Å². The standard InChI is InChI=1S/C50H55NO8/c1-46-21-18-36(52)28-48(46)24-25-50(40(29-48)44(53)33-11-14-37(56-3)15-12-33)42(46)19-22-47(2)43(50)20-23-49(47,55)31-51(30-35-13-16-38(57-4)27-41(35)58-5)45(54)59-39-17-10-32-8-6-7-9-34(32)26-39/h6-17,24-27,29,36,42-43,52,55H,18-23,28,30-31H2,1-5H3. The number of aliphatic hydroxyl groups is 2. The lowest BCUT2D eigenvalue weighted by atomic mass is 9.32. The van der Waals surface area contributed by atoms with Crippen LogP contribution in [0, 0.1) is 33.5 Å². The number of allylic oxidation sites excluding steroid dienone is 4. The minimum atomic E-state index is -1.32. The number of amides is 1. The molecule has 0 aromatic heterocycles. The van der Waals surface area contributed by atoms with Gasteiger partial charge in [-0.05, 0) is 121 Å². The van der Waals surface area contributed by atoms with Crippen LogP contribution in [-0.4, -0.2) is 66.6 Å². The lowest BCUT2D eigenvalue weighted by Crippen LogP contribution is -2.67. The molecule has 0 heterocycles. The molecule has 6 aliphatic rings. The van der Waals surface area contributed by atoms with Gasteiger partial charge in [0.15, 0.2) is 5.78 Å². The van der Waals surface area contributed by atoms with E-state index in [9.17, 15) is 15.0 Å². The van der Waals surface area contributed by atoms with E-state index in [4.69, 9.17) is 18.9 Å². The van der Waals surface area contributed by atoms with Gasteiger partial charge in [-0.1, -0.05) is 62.4 Å². The summed E-state index contributed by atoms with van der Waals surface area (Å²) in [5.74, 6) is 2.30. The van der Waals surface area contributed by atoms with Gasteiger partial charge in [0.25, 0.3) is 0 Å². The fourth-order valence-corrected chi connectivity index (χ4v) is 12.6. The number of rotatable bonds is 10. The van der Waals surface area contributed by atoms with Crippen LogP contribution in [0.1, 0.15) is 74.7 Å². The summed E-state index contributed by atoms with van der Waals surface area (Å²) in [4.78, 5) is 31.2. The highest BCUT2D eigenvalue weighted by molar-refractivity contribution is 6.10. The molecular weight excluding hydrogens is 743 g/mol. The third-order valence-corrected chi connectivity index (χ3v) is 15.8. The van der Waals surface area contributed by atoms with Crippen molar-refractivity contribution in [3.8, 4) is 23.0 Å². The van der Waals surface area contributed by atoms with Crippen LogP contribution >= 0.6 is 0 Å². The van der Waals surface area contributed by atoms with Crippen LogP contribution < -0.4 is 18.9 Å². The summed E-state index contributed by atoms with van der Waals surface area (Å²) in [5, 5.41) is 26.4. The van der Waals surface area contributed by atoms with Gasteiger partial charge in [-0.3, -0.25) is 4.79 Å². The lowest BCUT2D eigenvalue weighted by molar-refractivity contribution is -0.175. The second-order valence-corrected chi connectivity index (χ2v) is 18.3. The third kappa shape index (κ3) is 5.93. The summed E-state index contributed by atoms with van der Waals surface area (Å²) < 4.78 is 22.8. The first kappa shape index (κ1) is 39.3. The first-order chi connectivity index (χ1) is 28.3. The Morgan fingerprint density at radius 2 is 1.42 bits per heavy atom. The highest BCUT2D eigenvalue weighted by Gasteiger charge is 2.74. The van der Waals surface area contributed by atoms with Gasteiger partial charge in [0, 0.05) is 39.0 Å². The van der Waals surface area contributed by atoms with Crippen molar-refractivity contribution in [3.63, 3.8) is 0 Å². The van der Waals surface area contributed by atoms with Crippen molar-refractivity contribution < 1.29 is 38.7 Å². The number of ether oxygens (including phenoxy) is 4. The maximum Gasteiger partial charge on any atom is 0.415 e. The van der Waals surface area contributed by atoms with E-state index >= 15 is 4.79 Å². The first-order valence-corrected chi connectivity index (χ1v) is 21.0. The van der Waals surface area contributed by atoms with Crippen LogP contribution in [0.3, 0.4) is 0 Å². The number of fused-ring (bicyclic) bond motifs is 2. The molecule has 4 aromatic rings. The molecule has 0 radical (unpaired) electrons. The molecule has 10 rings (SSSR count). The molecule has 1 amide bonds. The molecule has 0 saturated heterocycles. The largest absolute Gasteiger partial charge is 0.497 e. The van der Waals surface area contributed by atoms with Crippen molar-refractivity contribution in [2.24, 2.45) is 33.5 Å². The average Bonchev–Trinajstić information content (AvgIpc) is 3.52. The van der Waals surface area contributed by atoms with Crippen molar-refractivity contribution in [1.29, 1.82) is 0 Å². The molecule has 9 nitrogen and oxygen atoms in total. The number of hydrogen-bond donors (Lipinski definition) is 2. The Balaban J connectivity index is 1.10. The monoisotopic (exact) mass is 797 g/mol. The van der Waals surface area contributed by atoms with E-state index in [0.717, 1.165) is 47.6 Å². The zero-order chi connectivity index (χ0) is 41.4. The number of carbonyl (C=O) groups excluding carboxylic acids is 2. The summed E-state index contributed by atoms with van der Waals surface area (Å²) in [6.07, 6.45) is 10.6. The van der Waals surface area contributed by atoms with Gasteiger partial charge in [0.05, 0.1) is 46.1 Å². The van der Waals surface area contributed by atoms with Gasteiger partial charge >= 0.3 is 6.09 Å². The summed E-state index contributed by atoms with van der Waals surface area (Å²) >= 11 is 0. The maximum absolute atomic E-state index is 15.0. The van der Waals surface area contributed by atoms with E-state index in [1.165, 1.54) is 0 Å². The van der Waals surface area contributed by atoms with Gasteiger partial charge in [0.2, 0.25) is 0 Å². The number of benzene rings is 4. The second kappa shape index (κ2) is 14.3. The molecule has 308 valence electrons. The first-order valence-electron chi connectivity index (χ1n) is 21.0. The van der Waals surface area contributed by atoms with E-state index in [1.807, 2.05) is 72.8 Å². The van der Waals surface area contributed by atoms with E-state index in [2.05, 4.69) is 32.1 Å². The smallest absolute Gasteiger partial charge is 0.415 e. The Kier molecular flexibility index (Phi) is 9.51. The highest BCUT2D eigenvalue weighted by atomic mass is 16.6. The van der Waals surface area contributed by atoms with Crippen LogP contribution in [0.4, 0.5) is 4.79 Å². The van der Waals surface area contributed by atoms with E-state index in [-0.39, 0.29) is 36.1 Å². The molecule has 9 heteroatoms. The van der Waals surface area contributed by atoms with Gasteiger partial charge in [-0.25, -0.2) is 4.79 Å². The van der Waals surface area contributed by atoms with Crippen molar-refractivity contribution >= 4 is 22.6 Å². The van der Waals surface area contributed by atoms with Crippen LogP contribution in [-0.2, 0) is 6.54 Å². The summed E-state index contributed by atoms with van der Waals surface area (Å²) in [7, 11) is 4.80. The summed E-state index contributed by atoms with van der Waals surface area (Å²) in [5.41, 5.74) is -1.16. The van der Waals surface area contributed by atoms with Crippen LogP contribution in [0.15, 0.2) is 109 Å². The fraction of sp³-hybridized carbons (Fsp3) is 0.440. The number of ketones is 1. The Hall–Kier alpha value is -5.12. The van der Waals surface area contributed by atoms with Crippen molar-refractivity contribution in [2.75, 3.05) is 27.9 Å². The Morgan fingerprint density at radius 3 is 2.17 bits per heavy atom. The molecule has 3 fully saturated rings. The average molecular weight is 798 g/mol. The zero-order valence-electron chi connectivity index (χ0n) is 34.7. The van der Waals surface area contributed by atoms with Gasteiger partial charge < -0.3 is 34.1 Å². The summed E-state index contributed by atoms with van der Waals surface area (Å²) in [6.45, 7) is 4.71. The molecule has 0 aliphatic heterocycles. The molecule has 2 bridgehead atoms. The second-order valence-electron chi connectivity index (χ2n) is 18.3. The zero-order valence-corrected chi connectivity index (χ0v) is 34.7. The minimum absolute atomic E-state index is 0.0182. The van der Waals surface area contributed by atoms with E-state index in [0.29, 0.717) is 47.8 Å². The molecule has 2 N–H and O–H groups in total. The Morgan fingerprint density at radius 1 is 0.746 bits per heavy atom. The molecule has 8 unspecified atom stereocenters. The molecule has 59 heavy (non-hydrogen) atoms. The Labute approximate surface area is 346 Å². The molecular formula is C50H55NO8. The number of nitrogens with zero attached hydrogens (tertiary/aromatic N) is 1. The highest BCUT2D eigenvalue weighted by Crippen LogP contribution is 2.78. The van der Waals surface area contributed by atoms with Gasteiger partial charge in [0.1, 0.15) is 23.0 Å². The van der Waals surface area contributed by atoms with Gasteiger partial charge in [-0.2, -0.15) is 0 Å². The quantitative estimate of drug-likeness (QED) is 0.121. The number of Topliss-reactive ketones (excluding diaryl/α,β-unsaturated/α-hetero) is 1. The minimum Gasteiger partial charge on any atom is -0.497 e. The molecule has 8 atom stereocenters. The predicted octanol–water partition coefficient (Wildman–Crippen LogP) is 9.34. The normalized spacial score (nSPS) is 32.7. The molecule has 2 spiro atoms. The van der Waals surface area contributed by atoms with E-state index < -0.39 is 34.0 Å². The number of carbonyl (C=O) groups is 2. The maximum atomic E-state index is 15.0. The SMILES string of the molecule is COc1ccc(C(=O)C2=CC34C=CC25C(CCC2(C)C5CCC2(O)CN(Cc2ccc(OC)cc2OC)C(=O)Oc2ccc5ccccc5c2)C3(C)CCC(O)C4)cc1. The molecule has 6 aliphatic carbocycles. The number of hydrogen-bond acceptors (Lipinski definition) is 8. The fourth-order valence-electron chi connectivity index (χ4n) is 12.6. The Bertz CT molecular complexity index is 2370. The van der Waals surface area contributed by atoms with E-state index in [1.54, 1.807) is 38.4 Å². The number of methoxy groups -OCH3 is 3. The van der Waals surface area contributed by atoms with Crippen LogP contribution in [0.2, 0.25) is 0 Å². The molecule has 4 aromatic carbocycles. The topological polar surface area (TPSA) is 115 Å². The predicted molar refractivity (Wildman–Crippen MR) is 226 cm³/mol. The van der Waals surface area contributed by atoms with Crippen LogP contribution in [0.5, 0.6) is 23.0 Å². The third-order valence-electron chi connectivity index (χ3n) is 15.8. The van der Waals surface area contributed by atoms with Crippen molar-refractivity contribution in [1.82, 2.24) is 4.90 Å². The van der Waals surface area contributed by atoms with Crippen LogP contribution in [0.25, 0.3) is 10.8 Å². The van der Waals surface area contributed by atoms with Crippen molar-refractivity contribution in [3.05, 3.63) is 120 Å². The lowest BCUT2D eigenvalue weighted by Gasteiger charge is -2.71. The van der Waals surface area contributed by atoms with Gasteiger partial charge in [-0.15, -0.1) is 0 Å². The molecule has 3 saturated carbocycles. The number of aliphatic hydroxyl groups excluding tert-OH is 1. The summed E-state index contributed by atoms with van der Waals surface area (Å²) in [6, 6.07) is 26.4.